The van der Waals surface area contributed by atoms with Crippen LogP contribution >= 0.6 is 0 Å². The van der Waals surface area contributed by atoms with E-state index in [1.165, 1.54) is 16.8 Å². The number of nitrogens with zero attached hydrogens (tertiary/aromatic N) is 3. The summed E-state index contributed by atoms with van der Waals surface area (Å²) in [4.78, 5) is 2.29. The molecule has 0 spiro atoms. The molecule has 0 bridgehead atoms. The molecule has 0 unspecified atom stereocenters. The van der Waals surface area contributed by atoms with Gasteiger partial charge in [-0.2, -0.15) is 5.10 Å². The van der Waals surface area contributed by atoms with Crippen molar-refractivity contribution in [2.24, 2.45) is 5.73 Å². The quantitative estimate of drug-likeness (QED) is 0.942. The molecule has 0 saturated carbocycles. The minimum absolute atomic E-state index is 0.253. The van der Waals surface area contributed by atoms with Gasteiger partial charge < -0.3 is 5.73 Å². The van der Waals surface area contributed by atoms with Gasteiger partial charge in [-0.05, 0) is 31.0 Å². The smallest absolute Gasteiger partial charge is 0.151 e. The third-order valence-electron chi connectivity index (χ3n) is 3.82. The molecule has 0 amide bonds. The first-order chi connectivity index (χ1) is 10.1. The van der Waals surface area contributed by atoms with Crippen molar-refractivity contribution in [3.05, 3.63) is 47.8 Å². The van der Waals surface area contributed by atoms with Crippen LogP contribution in [-0.2, 0) is 6.54 Å². The van der Waals surface area contributed by atoms with Gasteiger partial charge in [0.05, 0.1) is 5.69 Å². The van der Waals surface area contributed by atoms with Crippen molar-refractivity contribution in [2.45, 2.75) is 25.4 Å². The van der Waals surface area contributed by atoms with E-state index in [4.69, 9.17) is 5.73 Å². The molecular weight excluding hydrogens is 274 g/mol. The van der Waals surface area contributed by atoms with Gasteiger partial charge in [0.2, 0.25) is 0 Å². The highest BCUT2D eigenvalue weighted by Crippen LogP contribution is 2.16. The molecule has 4 nitrogen and oxygen atoms in total. The molecule has 2 aromatic rings. The van der Waals surface area contributed by atoms with Crippen LogP contribution in [0.3, 0.4) is 0 Å². The first kappa shape index (κ1) is 14.2. The molecule has 3 rings (SSSR count). The Labute approximate surface area is 122 Å². The second-order valence-corrected chi connectivity index (χ2v) is 5.46. The molecule has 1 aromatic heterocycles. The molecular formula is C15H18F2N4. The fraction of sp³-hybridized carbons (Fsp3) is 0.400. The zero-order valence-electron chi connectivity index (χ0n) is 11.7. The van der Waals surface area contributed by atoms with E-state index in [9.17, 15) is 8.78 Å². The van der Waals surface area contributed by atoms with Crippen LogP contribution in [0, 0.1) is 11.6 Å². The van der Waals surface area contributed by atoms with Gasteiger partial charge in [0, 0.05) is 37.9 Å². The Morgan fingerprint density at radius 1 is 1.19 bits per heavy atom. The number of nitrogens with two attached hydrogens (primary N) is 1. The first-order valence-corrected chi connectivity index (χ1v) is 7.10. The fourth-order valence-corrected chi connectivity index (χ4v) is 2.59. The van der Waals surface area contributed by atoms with E-state index < -0.39 is 11.6 Å². The number of piperidine rings is 1. The lowest BCUT2D eigenvalue weighted by Crippen LogP contribution is -2.39. The normalized spacial score (nSPS) is 17.3. The largest absolute Gasteiger partial charge is 0.328 e. The molecule has 1 aliphatic heterocycles. The van der Waals surface area contributed by atoms with Crippen LogP contribution in [0.5, 0.6) is 0 Å². The van der Waals surface area contributed by atoms with Gasteiger partial charge in [-0.15, -0.1) is 0 Å². The number of hydrogen-bond acceptors (Lipinski definition) is 3. The molecule has 0 atom stereocenters. The third-order valence-corrected chi connectivity index (χ3v) is 3.82. The highest BCUT2D eigenvalue weighted by atomic mass is 19.1. The fourth-order valence-electron chi connectivity index (χ4n) is 2.59. The molecule has 2 N–H and O–H groups in total. The van der Waals surface area contributed by atoms with Gasteiger partial charge in [-0.25, -0.2) is 13.5 Å². The summed E-state index contributed by atoms with van der Waals surface area (Å²) in [5, 5.41) is 4.37. The summed E-state index contributed by atoms with van der Waals surface area (Å²) < 4.78 is 28.1. The molecule has 1 aromatic carbocycles. The standard InChI is InChI=1S/C15H18F2N4/c16-11-1-2-15(14(17)9-11)21-8-5-13(19-21)10-20-6-3-12(18)4-7-20/h1-2,5,8-9,12H,3-4,6-7,10,18H2. The highest BCUT2D eigenvalue weighted by Gasteiger charge is 2.17. The van der Waals surface area contributed by atoms with E-state index in [-0.39, 0.29) is 5.69 Å². The number of aromatic nitrogens is 2. The summed E-state index contributed by atoms with van der Waals surface area (Å²) in [5.41, 5.74) is 7.00. The minimum Gasteiger partial charge on any atom is -0.328 e. The van der Waals surface area contributed by atoms with Gasteiger partial charge in [0.1, 0.15) is 11.5 Å². The molecule has 112 valence electrons. The summed E-state index contributed by atoms with van der Waals surface area (Å²) in [7, 11) is 0. The predicted octanol–water partition coefficient (Wildman–Crippen LogP) is 2.07. The first-order valence-electron chi connectivity index (χ1n) is 7.10. The maximum atomic E-state index is 13.7. The van der Waals surface area contributed by atoms with Gasteiger partial charge in [-0.1, -0.05) is 0 Å². The summed E-state index contributed by atoms with van der Waals surface area (Å²) in [5.74, 6) is -1.21. The van der Waals surface area contributed by atoms with Gasteiger partial charge >= 0.3 is 0 Å². The average molecular weight is 292 g/mol. The van der Waals surface area contributed by atoms with Crippen molar-refractivity contribution in [3.8, 4) is 5.69 Å². The molecule has 1 saturated heterocycles. The highest BCUT2D eigenvalue weighted by molar-refractivity contribution is 5.33. The van der Waals surface area contributed by atoms with Gasteiger partial charge in [-0.3, -0.25) is 4.90 Å². The Hall–Kier alpha value is -1.79. The van der Waals surface area contributed by atoms with Crippen LogP contribution in [0.25, 0.3) is 5.69 Å². The lowest BCUT2D eigenvalue weighted by Gasteiger charge is -2.29. The maximum absolute atomic E-state index is 13.7. The van der Waals surface area contributed by atoms with Crippen LogP contribution in [0.2, 0.25) is 0 Å². The summed E-state index contributed by atoms with van der Waals surface area (Å²) >= 11 is 0. The van der Waals surface area contributed by atoms with E-state index in [1.807, 2.05) is 6.07 Å². The summed E-state index contributed by atoms with van der Waals surface area (Å²) in [6.45, 7) is 2.64. The maximum Gasteiger partial charge on any atom is 0.151 e. The molecule has 21 heavy (non-hydrogen) atoms. The van der Waals surface area contributed by atoms with E-state index in [1.54, 1.807) is 6.20 Å². The Bertz CT molecular complexity index is 618. The Balaban J connectivity index is 1.71. The predicted molar refractivity (Wildman–Crippen MR) is 76.0 cm³/mol. The van der Waals surface area contributed by atoms with Crippen molar-refractivity contribution in [1.82, 2.24) is 14.7 Å². The molecule has 0 aliphatic carbocycles. The van der Waals surface area contributed by atoms with Crippen LogP contribution in [0.4, 0.5) is 8.78 Å². The van der Waals surface area contributed by atoms with Gasteiger partial charge in [0.25, 0.3) is 0 Å². The Morgan fingerprint density at radius 2 is 1.95 bits per heavy atom. The zero-order valence-corrected chi connectivity index (χ0v) is 11.7. The van der Waals surface area contributed by atoms with Crippen molar-refractivity contribution in [1.29, 1.82) is 0 Å². The SMILES string of the molecule is NC1CCN(Cc2ccn(-c3ccc(F)cc3F)n2)CC1. The monoisotopic (exact) mass is 292 g/mol. The molecule has 1 aliphatic rings. The third kappa shape index (κ3) is 3.28. The average Bonchev–Trinajstić information content (AvgIpc) is 2.90. The number of hydrogen-bond donors (Lipinski definition) is 1. The Kier molecular flexibility index (Phi) is 3.98. The summed E-state index contributed by atoms with van der Waals surface area (Å²) in [6.07, 6.45) is 3.68. The lowest BCUT2D eigenvalue weighted by atomic mass is 10.1. The zero-order chi connectivity index (χ0) is 14.8. The van der Waals surface area contributed by atoms with E-state index >= 15 is 0 Å². The van der Waals surface area contributed by atoms with Crippen molar-refractivity contribution in [2.75, 3.05) is 13.1 Å². The topological polar surface area (TPSA) is 47.1 Å². The lowest BCUT2D eigenvalue weighted by molar-refractivity contribution is 0.203. The molecule has 1 fully saturated rings. The number of halogens is 2. The number of benzene rings is 1. The van der Waals surface area contributed by atoms with Gasteiger partial charge in [0.15, 0.2) is 5.82 Å². The number of likely N-dealkylation sites (tertiary alicyclic amines) is 1. The van der Waals surface area contributed by atoms with Crippen LogP contribution in [-0.4, -0.2) is 33.8 Å². The van der Waals surface area contributed by atoms with Crippen LogP contribution in [0.1, 0.15) is 18.5 Å². The number of rotatable bonds is 3. The molecule has 0 radical (unpaired) electrons. The molecule has 6 heteroatoms. The van der Waals surface area contributed by atoms with Crippen LogP contribution in [0.15, 0.2) is 30.5 Å². The summed E-state index contributed by atoms with van der Waals surface area (Å²) in [6, 6.07) is 5.64. The van der Waals surface area contributed by atoms with Crippen molar-refractivity contribution in [3.63, 3.8) is 0 Å². The molecule has 2 heterocycles. The van der Waals surface area contributed by atoms with E-state index in [0.717, 1.165) is 44.2 Å². The van der Waals surface area contributed by atoms with E-state index in [2.05, 4.69) is 10.00 Å². The second-order valence-electron chi connectivity index (χ2n) is 5.46. The minimum atomic E-state index is -0.617. The van der Waals surface area contributed by atoms with Crippen molar-refractivity contribution >= 4 is 0 Å². The Morgan fingerprint density at radius 3 is 2.67 bits per heavy atom. The van der Waals surface area contributed by atoms with Crippen LogP contribution < -0.4 is 5.73 Å². The van der Waals surface area contributed by atoms with E-state index in [0.29, 0.717) is 6.04 Å². The van der Waals surface area contributed by atoms with Crippen molar-refractivity contribution < 1.29 is 8.78 Å². The second kappa shape index (κ2) is 5.91.